The summed E-state index contributed by atoms with van der Waals surface area (Å²) in [5.74, 6) is 0. The van der Waals surface area contributed by atoms with Crippen LogP contribution in [0.4, 0.5) is 11.4 Å². The number of benzene rings is 1. The number of nitrogens with zero attached hydrogens (tertiary/aromatic N) is 2. The van der Waals surface area contributed by atoms with Gasteiger partial charge in [0.15, 0.2) is 0 Å². The van der Waals surface area contributed by atoms with Crippen LogP contribution < -0.4 is 5.73 Å². The maximum Gasteiger partial charge on any atom is 0.240 e. The molecular formula is C13H17N3O2. The van der Waals surface area contributed by atoms with Crippen molar-refractivity contribution in [1.29, 1.82) is 0 Å². The Hall–Kier alpha value is -2.06. The number of hydrogen-bond donors (Lipinski definition) is 1. The lowest BCUT2D eigenvalue weighted by Gasteiger charge is -1.97. The standard InChI is InChI=1S/C9H6N2O2.C4H11N/c1-7-2-3-8(10-5-12)4-9(7)11-6-13;1-2-3-4-5/h2-4H,1H3;2-5H2,1H3. The molecule has 96 valence electrons. The molecule has 0 aliphatic carbocycles. The fourth-order valence-corrected chi connectivity index (χ4v) is 1.09. The molecule has 0 radical (unpaired) electrons. The molecular weight excluding hydrogens is 230 g/mol. The fraction of sp³-hybridized carbons (Fsp3) is 0.385. The number of hydrogen-bond acceptors (Lipinski definition) is 5. The average molecular weight is 247 g/mol. The molecule has 1 rings (SSSR count). The third-order valence-electron chi connectivity index (χ3n) is 2.09. The van der Waals surface area contributed by atoms with E-state index < -0.39 is 0 Å². The quantitative estimate of drug-likeness (QED) is 0.655. The monoisotopic (exact) mass is 247 g/mol. The van der Waals surface area contributed by atoms with Crippen molar-refractivity contribution in [2.75, 3.05) is 6.54 Å². The van der Waals surface area contributed by atoms with E-state index in [1.165, 1.54) is 31.1 Å². The van der Waals surface area contributed by atoms with Crippen molar-refractivity contribution < 1.29 is 9.59 Å². The minimum Gasteiger partial charge on any atom is -0.330 e. The zero-order valence-corrected chi connectivity index (χ0v) is 10.6. The van der Waals surface area contributed by atoms with Gasteiger partial charge in [0.2, 0.25) is 12.2 Å². The predicted octanol–water partition coefficient (Wildman–Crippen LogP) is 2.67. The molecule has 0 unspecified atom stereocenters. The molecule has 0 bridgehead atoms. The van der Waals surface area contributed by atoms with E-state index in [4.69, 9.17) is 5.73 Å². The number of unbranched alkanes of at least 4 members (excludes halogenated alkanes) is 1. The van der Waals surface area contributed by atoms with E-state index in [1.54, 1.807) is 19.1 Å². The lowest BCUT2D eigenvalue weighted by Crippen LogP contribution is -1.95. The van der Waals surface area contributed by atoms with Crippen LogP contribution >= 0.6 is 0 Å². The Balaban J connectivity index is 0.000000494. The van der Waals surface area contributed by atoms with Crippen LogP contribution in [0, 0.1) is 6.92 Å². The second-order valence-corrected chi connectivity index (χ2v) is 3.52. The molecule has 5 heteroatoms. The van der Waals surface area contributed by atoms with Gasteiger partial charge in [-0.05, 0) is 37.6 Å². The van der Waals surface area contributed by atoms with Crippen molar-refractivity contribution in [3.8, 4) is 0 Å². The second-order valence-electron chi connectivity index (χ2n) is 3.52. The Morgan fingerprint density at radius 1 is 1.22 bits per heavy atom. The largest absolute Gasteiger partial charge is 0.330 e. The van der Waals surface area contributed by atoms with Crippen molar-refractivity contribution in [1.82, 2.24) is 0 Å². The zero-order valence-electron chi connectivity index (χ0n) is 10.6. The van der Waals surface area contributed by atoms with Crippen molar-refractivity contribution >= 4 is 23.5 Å². The highest BCUT2D eigenvalue weighted by Crippen LogP contribution is 2.23. The van der Waals surface area contributed by atoms with E-state index in [0.29, 0.717) is 11.4 Å². The van der Waals surface area contributed by atoms with Gasteiger partial charge in [-0.25, -0.2) is 9.59 Å². The first-order valence-corrected chi connectivity index (χ1v) is 5.66. The highest BCUT2D eigenvalue weighted by molar-refractivity contribution is 5.61. The minimum atomic E-state index is 0.426. The van der Waals surface area contributed by atoms with Crippen LogP contribution in [0.1, 0.15) is 25.3 Å². The molecule has 0 amide bonds. The van der Waals surface area contributed by atoms with Gasteiger partial charge in [-0.15, -0.1) is 0 Å². The van der Waals surface area contributed by atoms with Gasteiger partial charge in [0.05, 0.1) is 11.4 Å². The number of aryl methyl sites for hydroxylation is 1. The predicted molar refractivity (Wildman–Crippen MR) is 70.7 cm³/mol. The van der Waals surface area contributed by atoms with Gasteiger partial charge in [0.1, 0.15) is 0 Å². The summed E-state index contributed by atoms with van der Waals surface area (Å²) in [5, 5.41) is 0. The molecule has 5 nitrogen and oxygen atoms in total. The maximum absolute atomic E-state index is 10.00. The highest BCUT2D eigenvalue weighted by Gasteiger charge is 1.97. The second kappa shape index (κ2) is 10.1. The number of aliphatic imine (C=N–C) groups is 2. The minimum absolute atomic E-state index is 0.426. The van der Waals surface area contributed by atoms with Crippen molar-refractivity contribution in [2.45, 2.75) is 26.7 Å². The van der Waals surface area contributed by atoms with Crippen LogP contribution in [0.2, 0.25) is 0 Å². The Bertz CT molecular complexity index is 457. The first kappa shape index (κ1) is 15.9. The Kier molecular flexibility index (Phi) is 8.96. The molecule has 1 aromatic carbocycles. The van der Waals surface area contributed by atoms with Crippen molar-refractivity contribution in [3.05, 3.63) is 23.8 Å². The molecule has 0 atom stereocenters. The highest BCUT2D eigenvalue weighted by atomic mass is 16.1. The first-order valence-electron chi connectivity index (χ1n) is 5.66. The zero-order chi connectivity index (χ0) is 13.8. The molecule has 1 aromatic rings. The van der Waals surface area contributed by atoms with E-state index in [1.807, 2.05) is 0 Å². The number of rotatable bonds is 4. The van der Waals surface area contributed by atoms with Crippen LogP contribution in [0.3, 0.4) is 0 Å². The molecule has 0 fully saturated rings. The van der Waals surface area contributed by atoms with Crippen LogP contribution in [0.25, 0.3) is 0 Å². The van der Waals surface area contributed by atoms with Crippen LogP contribution in [0.15, 0.2) is 28.2 Å². The van der Waals surface area contributed by atoms with Gasteiger partial charge >= 0.3 is 0 Å². The molecule has 0 aromatic heterocycles. The number of isocyanates is 2. The van der Waals surface area contributed by atoms with E-state index >= 15 is 0 Å². The summed E-state index contributed by atoms with van der Waals surface area (Å²) < 4.78 is 0. The van der Waals surface area contributed by atoms with E-state index in [-0.39, 0.29) is 0 Å². The van der Waals surface area contributed by atoms with Gasteiger partial charge < -0.3 is 5.73 Å². The van der Waals surface area contributed by atoms with Gasteiger partial charge in [-0.3, -0.25) is 0 Å². The van der Waals surface area contributed by atoms with E-state index in [2.05, 4.69) is 16.9 Å². The van der Waals surface area contributed by atoms with Gasteiger partial charge in [0.25, 0.3) is 0 Å². The summed E-state index contributed by atoms with van der Waals surface area (Å²) in [4.78, 5) is 26.8. The van der Waals surface area contributed by atoms with Gasteiger partial charge in [0, 0.05) is 0 Å². The Labute approximate surface area is 106 Å². The van der Waals surface area contributed by atoms with Gasteiger partial charge in [-0.1, -0.05) is 19.4 Å². The summed E-state index contributed by atoms with van der Waals surface area (Å²) in [5.41, 5.74) is 6.86. The topological polar surface area (TPSA) is 84.9 Å². The molecule has 0 saturated heterocycles. The maximum atomic E-state index is 10.00. The first-order chi connectivity index (χ1) is 8.69. The summed E-state index contributed by atoms with van der Waals surface area (Å²) in [7, 11) is 0. The van der Waals surface area contributed by atoms with Crippen molar-refractivity contribution in [3.63, 3.8) is 0 Å². The van der Waals surface area contributed by atoms with Gasteiger partial charge in [-0.2, -0.15) is 9.98 Å². The SMILES string of the molecule is CCCCN.Cc1ccc(N=C=O)cc1N=C=O. The molecule has 0 heterocycles. The average Bonchev–Trinajstić information content (AvgIpc) is 2.36. The van der Waals surface area contributed by atoms with Crippen LogP contribution in [-0.2, 0) is 9.59 Å². The number of nitrogens with two attached hydrogens (primary N) is 1. The van der Waals surface area contributed by atoms with E-state index in [0.717, 1.165) is 12.1 Å². The molecule has 18 heavy (non-hydrogen) atoms. The molecule has 0 aliphatic heterocycles. The smallest absolute Gasteiger partial charge is 0.240 e. The third-order valence-corrected chi connectivity index (χ3v) is 2.09. The molecule has 0 spiro atoms. The summed E-state index contributed by atoms with van der Waals surface area (Å²) >= 11 is 0. The lowest BCUT2D eigenvalue weighted by atomic mass is 10.2. The molecule has 2 N–H and O–H groups in total. The molecule has 0 saturated carbocycles. The number of carbonyl (C=O) groups excluding carboxylic acids is 2. The Morgan fingerprint density at radius 2 is 1.89 bits per heavy atom. The van der Waals surface area contributed by atoms with E-state index in [9.17, 15) is 9.59 Å². The van der Waals surface area contributed by atoms with Crippen molar-refractivity contribution in [2.24, 2.45) is 15.7 Å². The Morgan fingerprint density at radius 3 is 2.33 bits per heavy atom. The summed E-state index contributed by atoms with van der Waals surface area (Å²) in [6, 6.07) is 4.88. The fourth-order valence-electron chi connectivity index (χ4n) is 1.09. The third kappa shape index (κ3) is 6.51. The normalized spacial score (nSPS) is 8.39. The van der Waals surface area contributed by atoms with Crippen LogP contribution in [-0.4, -0.2) is 18.7 Å². The molecule has 0 aliphatic rings. The lowest BCUT2D eigenvalue weighted by molar-refractivity contribution is 0.565. The van der Waals surface area contributed by atoms with Crippen LogP contribution in [0.5, 0.6) is 0 Å². The summed E-state index contributed by atoms with van der Waals surface area (Å²) in [6.07, 6.45) is 5.22. The summed E-state index contributed by atoms with van der Waals surface area (Å²) in [6.45, 7) is 4.77.